The number of nitrogens with one attached hydrogen (secondary N) is 1. The number of aromatic nitrogens is 2. The summed E-state index contributed by atoms with van der Waals surface area (Å²) in [6.07, 6.45) is 6.79. The molecule has 1 aromatic carbocycles. The van der Waals surface area contributed by atoms with Gasteiger partial charge < -0.3 is 10.2 Å². The number of hydrogen-bond acceptors (Lipinski definition) is 4. The van der Waals surface area contributed by atoms with Crippen molar-refractivity contribution in [1.29, 1.82) is 0 Å². The summed E-state index contributed by atoms with van der Waals surface area (Å²) < 4.78 is 0. The Morgan fingerprint density at radius 2 is 2.12 bits per heavy atom. The maximum absolute atomic E-state index is 12.7. The number of aryl methyl sites for hydroxylation is 1. The van der Waals surface area contributed by atoms with Crippen LogP contribution in [0.3, 0.4) is 0 Å². The van der Waals surface area contributed by atoms with E-state index in [0.29, 0.717) is 13.0 Å². The van der Waals surface area contributed by atoms with Crippen LogP contribution in [0.4, 0.5) is 0 Å². The van der Waals surface area contributed by atoms with Gasteiger partial charge in [-0.15, -0.1) is 0 Å². The second-order valence-corrected chi connectivity index (χ2v) is 7.43. The van der Waals surface area contributed by atoms with E-state index in [9.17, 15) is 4.79 Å². The molecule has 0 bridgehead atoms. The van der Waals surface area contributed by atoms with Gasteiger partial charge in [-0.1, -0.05) is 36.2 Å². The molecule has 1 atom stereocenters. The molecule has 0 saturated carbocycles. The highest BCUT2D eigenvalue weighted by atomic mass is 16.2. The van der Waals surface area contributed by atoms with E-state index in [4.69, 9.17) is 4.98 Å². The van der Waals surface area contributed by atoms with Crippen molar-refractivity contribution >= 4 is 5.91 Å². The highest BCUT2D eigenvalue weighted by molar-refractivity contribution is 5.79. The van der Waals surface area contributed by atoms with Gasteiger partial charge in [-0.05, 0) is 31.9 Å². The monoisotopic (exact) mass is 350 g/mol. The van der Waals surface area contributed by atoms with Crippen LogP contribution >= 0.6 is 0 Å². The van der Waals surface area contributed by atoms with Crippen LogP contribution in [0.1, 0.15) is 53.5 Å². The van der Waals surface area contributed by atoms with E-state index in [2.05, 4.69) is 29.4 Å². The van der Waals surface area contributed by atoms with Crippen molar-refractivity contribution in [2.24, 2.45) is 0 Å². The average Bonchev–Trinajstić information content (AvgIpc) is 2.69. The maximum Gasteiger partial charge on any atom is 0.227 e. The van der Waals surface area contributed by atoms with Gasteiger partial charge in [0, 0.05) is 31.3 Å². The normalized spacial score (nSPS) is 19.9. The third-order valence-electron chi connectivity index (χ3n) is 5.40. The fourth-order valence-corrected chi connectivity index (χ4v) is 3.78. The second-order valence-electron chi connectivity index (χ2n) is 7.43. The Morgan fingerprint density at radius 1 is 1.27 bits per heavy atom. The molecule has 1 amide bonds. The summed E-state index contributed by atoms with van der Waals surface area (Å²) in [4.78, 5) is 24.0. The molecule has 136 valence electrons. The zero-order chi connectivity index (χ0) is 17.9. The molecule has 3 heterocycles. The summed E-state index contributed by atoms with van der Waals surface area (Å²) in [7, 11) is 0. The van der Waals surface area contributed by atoms with Crippen molar-refractivity contribution in [1.82, 2.24) is 20.2 Å². The topological polar surface area (TPSA) is 58.1 Å². The molecule has 0 aliphatic carbocycles. The van der Waals surface area contributed by atoms with Crippen LogP contribution in [-0.4, -0.2) is 33.9 Å². The molecular formula is C21H26N4O. The molecule has 2 aliphatic rings. The van der Waals surface area contributed by atoms with Gasteiger partial charge in [0.05, 0.1) is 18.2 Å². The quantitative estimate of drug-likeness (QED) is 0.925. The number of carbonyl (C=O) groups excluding carboxylic acids is 1. The fraction of sp³-hybridized carbons (Fsp3) is 0.476. The molecule has 2 aliphatic heterocycles. The van der Waals surface area contributed by atoms with Crippen LogP contribution < -0.4 is 5.32 Å². The summed E-state index contributed by atoms with van der Waals surface area (Å²) in [5.74, 6) is 1.10. The molecule has 5 nitrogen and oxygen atoms in total. The molecule has 1 fully saturated rings. The van der Waals surface area contributed by atoms with Crippen LogP contribution in [0.2, 0.25) is 0 Å². The van der Waals surface area contributed by atoms with Crippen molar-refractivity contribution < 1.29 is 4.79 Å². The first-order valence-electron chi connectivity index (χ1n) is 9.60. The smallest absolute Gasteiger partial charge is 0.227 e. The molecule has 0 radical (unpaired) electrons. The summed E-state index contributed by atoms with van der Waals surface area (Å²) in [5, 5.41) is 3.51. The highest BCUT2D eigenvalue weighted by Gasteiger charge is 2.24. The van der Waals surface area contributed by atoms with Crippen LogP contribution in [0.15, 0.2) is 30.5 Å². The minimum Gasteiger partial charge on any atom is -0.338 e. The second kappa shape index (κ2) is 7.54. The Kier molecular flexibility index (Phi) is 4.98. The number of hydrogen-bond donors (Lipinski definition) is 1. The lowest BCUT2D eigenvalue weighted by molar-refractivity contribution is -0.131. The van der Waals surface area contributed by atoms with E-state index in [-0.39, 0.29) is 11.9 Å². The number of fused-ring (bicyclic) bond motifs is 1. The van der Waals surface area contributed by atoms with Gasteiger partial charge in [0.1, 0.15) is 5.82 Å². The number of nitrogens with zero attached hydrogens (tertiary/aromatic N) is 3. The van der Waals surface area contributed by atoms with E-state index in [1.807, 2.05) is 23.2 Å². The molecule has 2 aromatic rings. The zero-order valence-electron chi connectivity index (χ0n) is 15.4. The molecule has 1 unspecified atom stereocenters. The minimum atomic E-state index is 0.178. The van der Waals surface area contributed by atoms with Crippen LogP contribution in [0, 0.1) is 6.92 Å². The number of amides is 1. The van der Waals surface area contributed by atoms with E-state index in [0.717, 1.165) is 48.6 Å². The van der Waals surface area contributed by atoms with Crippen molar-refractivity contribution in [3.8, 4) is 0 Å². The van der Waals surface area contributed by atoms with Crippen molar-refractivity contribution in [3.63, 3.8) is 0 Å². The first kappa shape index (κ1) is 17.2. The first-order chi connectivity index (χ1) is 12.7. The third kappa shape index (κ3) is 3.78. The summed E-state index contributed by atoms with van der Waals surface area (Å²) in [6, 6.07) is 8.48. The van der Waals surface area contributed by atoms with Gasteiger partial charge in [-0.25, -0.2) is 9.97 Å². The van der Waals surface area contributed by atoms with Crippen LogP contribution in [-0.2, 0) is 24.2 Å². The SMILES string of the molecule is Cc1ccc(CC(=O)N2CCc3nc(C4CCCCN4)ncc3C2)cc1. The summed E-state index contributed by atoms with van der Waals surface area (Å²) >= 11 is 0. The molecule has 26 heavy (non-hydrogen) atoms. The molecular weight excluding hydrogens is 324 g/mol. The highest BCUT2D eigenvalue weighted by Crippen LogP contribution is 2.23. The molecule has 4 rings (SSSR count). The summed E-state index contributed by atoms with van der Waals surface area (Å²) in [6.45, 7) is 4.47. The van der Waals surface area contributed by atoms with Crippen molar-refractivity contribution in [2.45, 2.75) is 51.6 Å². The maximum atomic E-state index is 12.7. The molecule has 1 N–H and O–H groups in total. The van der Waals surface area contributed by atoms with Gasteiger partial charge in [0.15, 0.2) is 0 Å². The Hall–Kier alpha value is -2.27. The van der Waals surface area contributed by atoms with E-state index in [1.165, 1.54) is 18.4 Å². The van der Waals surface area contributed by atoms with Gasteiger partial charge in [0.2, 0.25) is 5.91 Å². The first-order valence-corrected chi connectivity index (χ1v) is 9.60. The average molecular weight is 350 g/mol. The largest absolute Gasteiger partial charge is 0.338 e. The van der Waals surface area contributed by atoms with Gasteiger partial charge >= 0.3 is 0 Å². The standard InChI is InChI=1S/C21H26N4O/c1-15-5-7-16(8-6-15)12-20(26)25-11-9-18-17(14-25)13-23-21(24-18)19-4-2-3-10-22-19/h5-8,13,19,22H,2-4,9-12,14H2,1H3. The van der Waals surface area contributed by atoms with Crippen LogP contribution in [0.5, 0.6) is 0 Å². The predicted octanol–water partition coefficient (Wildman–Crippen LogP) is 2.73. The van der Waals surface area contributed by atoms with Gasteiger partial charge in [-0.2, -0.15) is 0 Å². The van der Waals surface area contributed by atoms with E-state index in [1.54, 1.807) is 0 Å². The number of benzene rings is 1. The lowest BCUT2D eigenvalue weighted by Crippen LogP contribution is -2.38. The number of carbonyl (C=O) groups is 1. The van der Waals surface area contributed by atoms with Gasteiger partial charge in [0.25, 0.3) is 0 Å². The molecule has 1 saturated heterocycles. The van der Waals surface area contributed by atoms with Gasteiger partial charge in [-0.3, -0.25) is 4.79 Å². The van der Waals surface area contributed by atoms with E-state index >= 15 is 0 Å². The van der Waals surface area contributed by atoms with E-state index < -0.39 is 0 Å². The Balaban J connectivity index is 1.42. The number of piperidine rings is 1. The molecule has 5 heteroatoms. The zero-order valence-corrected chi connectivity index (χ0v) is 15.4. The molecule has 1 aromatic heterocycles. The lowest BCUT2D eigenvalue weighted by Gasteiger charge is -2.29. The Labute approximate surface area is 154 Å². The number of rotatable bonds is 3. The minimum absolute atomic E-state index is 0.178. The predicted molar refractivity (Wildman–Crippen MR) is 101 cm³/mol. The summed E-state index contributed by atoms with van der Waals surface area (Å²) in [5.41, 5.74) is 4.49. The van der Waals surface area contributed by atoms with Crippen LogP contribution in [0.25, 0.3) is 0 Å². The van der Waals surface area contributed by atoms with Crippen molar-refractivity contribution in [2.75, 3.05) is 13.1 Å². The molecule has 0 spiro atoms. The lowest BCUT2D eigenvalue weighted by atomic mass is 10.0. The Morgan fingerprint density at radius 3 is 2.88 bits per heavy atom. The fourth-order valence-electron chi connectivity index (χ4n) is 3.78. The third-order valence-corrected chi connectivity index (χ3v) is 5.40. The van der Waals surface area contributed by atoms with Crippen molar-refractivity contribution in [3.05, 3.63) is 58.7 Å². The Bertz CT molecular complexity index is 781.